The van der Waals surface area contributed by atoms with Crippen molar-refractivity contribution in [3.05, 3.63) is 59.7 Å². The monoisotopic (exact) mass is 517 g/mol. The molecule has 1 N–H and O–H groups in total. The summed E-state index contributed by atoms with van der Waals surface area (Å²) in [7, 11) is -2.05. The van der Waals surface area contributed by atoms with Gasteiger partial charge in [0, 0.05) is 32.1 Å². The van der Waals surface area contributed by atoms with E-state index in [1.165, 1.54) is 11.4 Å². The van der Waals surface area contributed by atoms with Crippen molar-refractivity contribution in [1.29, 1.82) is 0 Å². The maximum atomic E-state index is 13.5. The molecular formula is C27H39N3O5S. The van der Waals surface area contributed by atoms with E-state index in [1.807, 2.05) is 45.0 Å². The lowest BCUT2D eigenvalue weighted by Crippen LogP contribution is -2.49. The van der Waals surface area contributed by atoms with E-state index < -0.39 is 16.1 Å². The van der Waals surface area contributed by atoms with Crippen LogP contribution in [-0.2, 0) is 26.2 Å². The first-order valence-corrected chi connectivity index (χ1v) is 14.2. The summed E-state index contributed by atoms with van der Waals surface area (Å²) in [6.45, 7) is 6.85. The van der Waals surface area contributed by atoms with Crippen LogP contribution in [0.4, 0.5) is 5.69 Å². The molecule has 2 amide bonds. The molecule has 0 fully saturated rings. The van der Waals surface area contributed by atoms with E-state index in [1.54, 1.807) is 29.2 Å². The van der Waals surface area contributed by atoms with Gasteiger partial charge in [0.25, 0.3) is 0 Å². The van der Waals surface area contributed by atoms with E-state index in [2.05, 4.69) is 5.32 Å². The van der Waals surface area contributed by atoms with Gasteiger partial charge >= 0.3 is 0 Å². The van der Waals surface area contributed by atoms with Crippen molar-refractivity contribution < 1.29 is 22.7 Å². The first-order chi connectivity index (χ1) is 17.1. The molecule has 8 nitrogen and oxygen atoms in total. The van der Waals surface area contributed by atoms with E-state index in [-0.39, 0.29) is 24.8 Å². The van der Waals surface area contributed by atoms with Crippen LogP contribution < -0.4 is 14.4 Å². The molecule has 0 heterocycles. The number of benzene rings is 2. The predicted molar refractivity (Wildman–Crippen MR) is 144 cm³/mol. The number of ether oxygens (including phenoxy) is 1. The topological polar surface area (TPSA) is 96.0 Å². The van der Waals surface area contributed by atoms with E-state index >= 15 is 0 Å². The average Bonchev–Trinajstić information content (AvgIpc) is 2.85. The predicted octanol–water partition coefficient (Wildman–Crippen LogP) is 3.88. The Labute approximate surface area is 215 Å². The van der Waals surface area contributed by atoms with Crippen LogP contribution in [0.1, 0.15) is 50.7 Å². The molecule has 2 aromatic rings. The molecule has 2 aromatic carbocycles. The zero-order chi connectivity index (χ0) is 26.7. The number of hydrogen-bond acceptors (Lipinski definition) is 5. The highest BCUT2D eigenvalue weighted by Crippen LogP contribution is 2.24. The third-order valence-corrected chi connectivity index (χ3v) is 7.22. The van der Waals surface area contributed by atoms with Crippen LogP contribution in [0.5, 0.6) is 5.75 Å². The van der Waals surface area contributed by atoms with Crippen molar-refractivity contribution in [2.45, 2.75) is 59.0 Å². The minimum Gasteiger partial charge on any atom is -0.497 e. The van der Waals surface area contributed by atoms with Crippen LogP contribution in [0.25, 0.3) is 0 Å². The highest BCUT2D eigenvalue weighted by Gasteiger charge is 2.29. The Balaban J connectivity index is 2.22. The van der Waals surface area contributed by atoms with E-state index in [0.29, 0.717) is 37.4 Å². The summed E-state index contributed by atoms with van der Waals surface area (Å²) in [5.41, 5.74) is 2.49. The second-order valence-electron chi connectivity index (χ2n) is 8.80. The number of carbonyl (C=O) groups excluding carboxylic acids is 2. The van der Waals surface area contributed by atoms with Crippen molar-refractivity contribution in [2.75, 3.05) is 30.8 Å². The highest BCUT2D eigenvalue weighted by molar-refractivity contribution is 7.92. The molecule has 0 saturated carbocycles. The number of amides is 2. The number of aryl methyl sites for hydroxylation is 1. The Morgan fingerprint density at radius 1 is 1.08 bits per heavy atom. The van der Waals surface area contributed by atoms with E-state index in [4.69, 9.17) is 4.74 Å². The summed E-state index contributed by atoms with van der Waals surface area (Å²) in [6.07, 6.45) is 2.84. The number of anilines is 1. The van der Waals surface area contributed by atoms with Crippen LogP contribution >= 0.6 is 0 Å². The molecule has 0 bridgehead atoms. The molecule has 0 radical (unpaired) electrons. The Bertz CT molecular complexity index is 1120. The van der Waals surface area contributed by atoms with Gasteiger partial charge < -0.3 is 15.0 Å². The van der Waals surface area contributed by atoms with Gasteiger partial charge in [0.2, 0.25) is 21.8 Å². The molecular weight excluding hydrogens is 478 g/mol. The molecule has 9 heteroatoms. The van der Waals surface area contributed by atoms with Crippen molar-refractivity contribution >= 4 is 27.5 Å². The molecule has 0 spiro atoms. The number of nitrogens with zero attached hydrogens (tertiary/aromatic N) is 2. The molecule has 1 atom stereocenters. The highest BCUT2D eigenvalue weighted by atomic mass is 32.2. The van der Waals surface area contributed by atoms with Gasteiger partial charge in [0.1, 0.15) is 11.8 Å². The van der Waals surface area contributed by atoms with Crippen LogP contribution in [0.3, 0.4) is 0 Å². The third kappa shape index (κ3) is 8.26. The van der Waals surface area contributed by atoms with E-state index in [0.717, 1.165) is 23.8 Å². The van der Waals surface area contributed by atoms with Gasteiger partial charge in [-0.3, -0.25) is 13.9 Å². The number of methoxy groups -OCH3 is 1. The Kier molecular flexibility index (Phi) is 11.2. The summed E-state index contributed by atoms with van der Waals surface area (Å²) < 4.78 is 31.5. The molecule has 198 valence electrons. The molecule has 0 aromatic heterocycles. The van der Waals surface area contributed by atoms with Crippen LogP contribution in [0.2, 0.25) is 0 Å². The molecule has 36 heavy (non-hydrogen) atoms. The Morgan fingerprint density at radius 3 is 2.42 bits per heavy atom. The second-order valence-corrected chi connectivity index (χ2v) is 10.7. The fraction of sp³-hybridized carbons (Fsp3) is 0.481. The average molecular weight is 518 g/mol. The number of hydrogen-bond donors (Lipinski definition) is 1. The third-order valence-electron chi connectivity index (χ3n) is 6.03. The van der Waals surface area contributed by atoms with Gasteiger partial charge in [0.15, 0.2) is 0 Å². The zero-order valence-corrected chi connectivity index (χ0v) is 22.8. The molecule has 1 unspecified atom stereocenters. The fourth-order valence-corrected chi connectivity index (χ4v) is 4.98. The van der Waals surface area contributed by atoms with Gasteiger partial charge in [-0.15, -0.1) is 0 Å². The van der Waals surface area contributed by atoms with Crippen LogP contribution in [-0.4, -0.2) is 57.6 Å². The lowest BCUT2D eigenvalue weighted by Gasteiger charge is -2.31. The van der Waals surface area contributed by atoms with E-state index in [9.17, 15) is 18.0 Å². The number of nitrogens with one attached hydrogen (secondary N) is 1. The van der Waals surface area contributed by atoms with Crippen LogP contribution in [0.15, 0.2) is 48.5 Å². The lowest BCUT2D eigenvalue weighted by atomic mass is 10.1. The van der Waals surface area contributed by atoms with Crippen molar-refractivity contribution in [3.63, 3.8) is 0 Å². The molecule has 2 rings (SSSR count). The molecule has 0 aliphatic carbocycles. The standard InChI is InChI=1S/C27H39N3O5S/c1-6-17-28-27(32)25(7-2)29(20-22-13-9-8-12-21(22)3)26(31)16-11-18-30(36(5,33)34)23-14-10-15-24(19-23)35-4/h8-10,12-15,19,25H,6-7,11,16-18,20H2,1-5H3,(H,28,32). The largest absolute Gasteiger partial charge is 0.497 e. The van der Waals surface area contributed by atoms with Gasteiger partial charge in [0.05, 0.1) is 19.1 Å². The summed E-state index contributed by atoms with van der Waals surface area (Å²) in [4.78, 5) is 28.0. The number of rotatable bonds is 14. The summed E-state index contributed by atoms with van der Waals surface area (Å²) in [5, 5.41) is 2.91. The first kappa shape index (κ1) is 29.2. The van der Waals surface area contributed by atoms with Gasteiger partial charge in [-0.2, -0.15) is 0 Å². The minimum atomic E-state index is -3.57. The molecule has 0 aliphatic heterocycles. The molecule has 0 saturated heterocycles. The maximum Gasteiger partial charge on any atom is 0.242 e. The summed E-state index contributed by atoms with van der Waals surface area (Å²) in [6, 6.07) is 14.0. The summed E-state index contributed by atoms with van der Waals surface area (Å²) >= 11 is 0. The van der Waals surface area contributed by atoms with Gasteiger partial charge in [-0.25, -0.2) is 8.42 Å². The fourth-order valence-electron chi connectivity index (χ4n) is 4.03. The lowest BCUT2D eigenvalue weighted by molar-refractivity contribution is -0.141. The first-order valence-electron chi connectivity index (χ1n) is 12.4. The number of carbonyl (C=O) groups is 2. The zero-order valence-electron chi connectivity index (χ0n) is 22.0. The minimum absolute atomic E-state index is 0.111. The van der Waals surface area contributed by atoms with Crippen molar-refractivity contribution in [3.8, 4) is 5.75 Å². The van der Waals surface area contributed by atoms with Crippen molar-refractivity contribution in [1.82, 2.24) is 10.2 Å². The summed E-state index contributed by atoms with van der Waals surface area (Å²) in [5.74, 6) is 0.191. The Morgan fingerprint density at radius 2 is 1.81 bits per heavy atom. The molecule has 0 aliphatic rings. The Hall–Kier alpha value is -3.07. The quantitative estimate of drug-likeness (QED) is 0.410. The van der Waals surface area contributed by atoms with Gasteiger partial charge in [-0.1, -0.05) is 44.2 Å². The number of sulfonamides is 1. The van der Waals surface area contributed by atoms with Crippen LogP contribution in [0, 0.1) is 6.92 Å². The van der Waals surface area contributed by atoms with Crippen molar-refractivity contribution in [2.24, 2.45) is 0 Å². The normalized spacial score (nSPS) is 12.0. The SMILES string of the molecule is CCCNC(=O)C(CC)N(Cc1ccccc1C)C(=O)CCCN(c1cccc(OC)c1)S(C)(=O)=O. The smallest absolute Gasteiger partial charge is 0.242 e. The van der Waals surface area contributed by atoms with Gasteiger partial charge in [-0.05, 0) is 49.4 Å². The second kappa shape index (κ2) is 13.9. The maximum absolute atomic E-state index is 13.5.